The zero-order valence-corrected chi connectivity index (χ0v) is 8.65. The molecular formula is C11H17N2O2+. The molecule has 4 nitrogen and oxygen atoms in total. The van der Waals surface area contributed by atoms with Crippen molar-refractivity contribution in [3.63, 3.8) is 0 Å². The van der Waals surface area contributed by atoms with Gasteiger partial charge in [0.1, 0.15) is 0 Å². The highest BCUT2D eigenvalue weighted by molar-refractivity contribution is 5.80. The first-order valence-electron chi connectivity index (χ1n) is 4.99. The van der Waals surface area contributed by atoms with Gasteiger partial charge in [-0.15, -0.1) is 0 Å². The molecule has 1 unspecified atom stereocenters. The topological polar surface area (TPSA) is 77.0 Å². The molecular weight excluding hydrogens is 192 g/mol. The highest BCUT2D eigenvalue weighted by Gasteiger charge is 2.16. The van der Waals surface area contributed by atoms with Crippen molar-refractivity contribution in [3.05, 3.63) is 35.9 Å². The zero-order chi connectivity index (χ0) is 11.1. The standard InChI is InChI=1S/C11H16N2O2/c12-10(11(15)13-6-7-14)8-9-4-2-1-3-5-9/h1-5,10,14H,6-8,12H2,(H,13,15)/p+1. The number of quaternary nitrogens is 1. The molecule has 4 heteroatoms. The fourth-order valence-electron chi connectivity index (χ4n) is 1.31. The van der Waals surface area contributed by atoms with Crippen LogP contribution in [-0.2, 0) is 11.2 Å². The number of aliphatic hydroxyl groups is 1. The molecule has 0 spiro atoms. The Bertz CT molecular complexity index is 301. The summed E-state index contributed by atoms with van der Waals surface area (Å²) in [5.74, 6) is -0.118. The Kier molecular flexibility index (Phi) is 4.80. The lowest BCUT2D eigenvalue weighted by Crippen LogP contribution is -2.68. The SMILES string of the molecule is [NH3+]C(Cc1ccccc1)C(=O)NCCO. The summed E-state index contributed by atoms with van der Waals surface area (Å²) in [5.41, 5.74) is 4.89. The lowest BCUT2D eigenvalue weighted by atomic mass is 10.1. The minimum absolute atomic E-state index is 0.0379. The average molecular weight is 209 g/mol. The lowest BCUT2D eigenvalue weighted by Gasteiger charge is -2.08. The molecule has 0 aliphatic heterocycles. The van der Waals surface area contributed by atoms with Crippen LogP contribution in [-0.4, -0.2) is 30.2 Å². The fraction of sp³-hybridized carbons (Fsp3) is 0.364. The molecule has 1 aromatic rings. The van der Waals surface area contributed by atoms with Gasteiger partial charge in [0.2, 0.25) is 0 Å². The van der Waals surface area contributed by atoms with Crippen molar-refractivity contribution in [2.24, 2.45) is 0 Å². The van der Waals surface area contributed by atoms with Crippen LogP contribution in [0.25, 0.3) is 0 Å². The van der Waals surface area contributed by atoms with Gasteiger partial charge < -0.3 is 16.2 Å². The maximum atomic E-state index is 11.4. The highest BCUT2D eigenvalue weighted by atomic mass is 16.3. The van der Waals surface area contributed by atoms with Gasteiger partial charge in [0, 0.05) is 13.0 Å². The predicted molar refractivity (Wildman–Crippen MR) is 56.9 cm³/mol. The average Bonchev–Trinajstić information content (AvgIpc) is 2.27. The Balaban J connectivity index is 2.41. The van der Waals surface area contributed by atoms with Crippen LogP contribution in [0.4, 0.5) is 0 Å². The molecule has 5 N–H and O–H groups in total. The third-order valence-corrected chi connectivity index (χ3v) is 2.11. The number of hydrogen-bond acceptors (Lipinski definition) is 2. The van der Waals surface area contributed by atoms with E-state index in [1.54, 1.807) is 0 Å². The normalized spacial score (nSPS) is 12.1. The van der Waals surface area contributed by atoms with E-state index in [1.807, 2.05) is 30.3 Å². The number of rotatable bonds is 5. The molecule has 0 saturated carbocycles. The zero-order valence-electron chi connectivity index (χ0n) is 8.65. The lowest BCUT2D eigenvalue weighted by molar-refractivity contribution is -0.403. The monoisotopic (exact) mass is 209 g/mol. The number of benzene rings is 1. The summed E-state index contributed by atoms with van der Waals surface area (Å²) in [6.07, 6.45) is 0.623. The van der Waals surface area contributed by atoms with Crippen LogP contribution in [0.3, 0.4) is 0 Å². The van der Waals surface area contributed by atoms with Crippen molar-refractivity contribution in [2.75, 3.05) is 13.2 Å². The molecule has 0 aliphatic carbocycles. The Morgan fingerprint density at radius 1 is 1.40 bits per heavy atom. The number of hydrogen-bond donors (Lipinski definition) is 3. The van der Waals surface area contributed by atoms with Gasteiger partial charge in [0.05, 0.1) is 6.61 Å². The smallest absolute Gasteiger partial charge is 0.278 e. The van der Waals surface area contributed by atoms with Gasteiger partial charge in [0.25, 0.3) is 5.91 Å². The molecule has 0 bridgehead atoms. The third-order valence-electron chi connectivity index (χ3n) is 2.11. The summed E-state index contributed by atoms with van der Waals surface area (Å²) >= 11 is 0. The molecule has 1 rings (SSSR count). The Morgan fingerprint density at radius 2 is 2.07 bits per heavy atom. The number of carbonyl (C=O) groups excluding carboxylic acids is 1. The van der Waals surface area contributed by atoms with Gasteiger partial charge in [-0.1, -0.05) is 30.3 Å². The van der Waals surface area contributed by atoms with Crippen molar-refractivity contribution < 1.29 is 15.6 Å². The van der Waals surface area contributed by atoms with E-state index in [4.69, 9.17) is 5.11 Å². The summed E-state index contributed by atoms with van der Waals surface area (Å²) in [6, 6.07) is 9.45. The summed E-state index contributed by atoms with van der Waals surface area (Å²) in [6.45, 7) is 0.253. The Morgan fingerprint density at radius 3 is 2.67 bits per heavy atom. The maximum absolute atomic E-state index is 11.4. The van der Waals surface area contributed by atoms with Crippen molar-refractivity contribution >= 4 is 5.91 Å². The second kappa shape index (κ2) is 6.16. The molecule has 0 radical (unpaired) electrons. The largest absolute Gasteiger partial charge is 0.395 e. The molecule has 0 heterocycles. The molecule has 1 amide bonds. The molecule has 15 heavy (non-hydrogen) atoms. The van der Waals surface area contributed by atoms with Crippen LogP contribution in [0, 0.1) is 0 Å². The van der Waals surface area contributed by atoms with Crippen LogP contribution in [0.5, 0.6) is 0 Å². The van der Waals surface area contributed by atoms with Crippen molar-refractivity contribution in [2.45, 2.75) is 12.5 Å². The van der Waals surface area contributed by atoms with Crippen molar-refractivity contribution in [3.8, 4) is 0 Å². The van der Waals surface area contributed by atoms with Crippen LogP contribution in [0.2, 0.25) is 0 Å². The third kappa shape index (κ3) is 4.10. The first-order chi connectivity index (χ1) is 7.24. The van der Waals surface area contributed by atoms with E-state index >= 15 is 0 Å². The molecule has 82 valence electrons. The minimum atomic E-state index is -0.307. The Labute approximate surface area is 89.1 Å². The molecule has 1 aromatic carbocycles. The maximum Gasteiger partial charge on any atom is 0.278 e. The van der Waals surface area contributed by atoms with E-state index in [1.165, 1.54) is 0 Å². The molecule has 0 aliphatic rings. The summed E-state index contributed by atoms with van der Waals surface area (Å²) in [4.78, 5) is 11.4. The van der Waals surface area contributed by atoms with Gasteiger partial charge in [-0.2, -0.15) is 0 Å². The first kappa shape index (κ1) is 11.7. The van der Waals surface area contributed by atoms with E-state index in [2.05, 4.69) is 11.1 Å². The second-order valence-corrected chi connectivity index (χ2v) is 3.40. The van der Waals surface area contributed by atoms with Crippen LogP contribution in [0.15, 0.2) is 30.3 Å². The summed E-state index contributed by atoms with van der Waals surface area (Å²) in [7, 11) is 0. The van der Waals surface area contributed by atoms with Gasteiger partial charge in [-0.25, -0.2) is 0 Å². The highest BCUT2D eigenvalue weighted by Crippen LogP contribution is 2.00. The van der Waals surface area contributed by atoms with Crippen LogP contribution >= 0.6 is 0 Å². The number of amides is 1. The molecule has 1 atom stereocenters. The van der Waals surface area contributed by atoms with Gasteiger partial charge in [-0.3, -0.25) is 4.79 Å². The van der Waals surface area contributed by atoms with Gasteiger partial charge >= 0.3 is 0 Å². The first-order valence-corrected chi connectivity index (χ1v) is 4.99. The quantitative estimate of drug-likeness (QED) is 0.578. The van der Waals surface area contributed by atoms with Crippen molar-refractivity contribution in [1.82, 2.24) is 5.32 Å². The number of carbonyl (C=O) groups is 1. The predicted octanol–water partition coefficient (Wildman–Crippen LogP) is -1.05. The van der Waals surface area contributed by atoms with E-state index in [0.717, 1.165) is 5.56 Å². The van der Waals surface area contributed by atoms with E-state index in [0.29, 0.717) is 13.0 Å². The molecule has 0 fully saturated rings. The van der Waals surface area contributed by atoms with Gasteiger partial charge in [0.15, 0.2) is 6.04 Å². The second-order valence-electron chi connectivity index (χ2n) is 3.40. The molecule has 0 aromatic heterocycles. The Hall–Kier alpha value is -1.39. The summed E-state index contributed by atoms with van der Waals surface area (Å²) in [5, 5.41) is 11.2. The number of nitrogens with one attached hydrogen (secondary N) is 1. The minimum Gasteiger partial charge on any atom is -0.395 e. The van der Waals surface area contributed by atoms with Crippen molar-refractivity contribution in [1.29, 1.82) is 0 Å². The number of aliphatic hydroxyl groups excluding tert-OH is 1. The van der Waals surface area contributed by atoms with E-state index in [9.17, 15) is 4.79 Å². The molecule has 0 saturated heterocycles. The van der Waals surface area contributed by atoms with Crippen LogP contribution < -0.4 is 11.1 Å². The fourth-order valence-corrected chi connectivity index (χ4v) is 1.31. The summed E-state index contributed by atoms with van der Waals surface area (Å²) < 4.78 is 0. The van der Waals surface area contributed by atoms with Crippen LogP contribution in [0.1, 0.15) is 5.56 Å². The van der Waals surface area contributed by atoms with E-state index in [-0.39, 0.29) is 18.6 Å². The van der Waals surface area contributed by atoms with E-state index < -0.39 is 0 Å². The van der Waals surface area contributed by atoms with Gasteiger partial charge in [-0.05, 0) is 5.56 Å².